The Kier molecular flexibility index (Phi) is 3.77. The molecule has 2 heterocycles. The first kappa shape index (κ1) is 15.2. The van der Waals surface area contributed by atoms with Gasteiger partial charge < -0.3 is 15.0 Å². The molecule has 0 spiro atoms. The molecule has 4 heteroatoms. The maximum absolute atomic E-state index is 6.00. The lowest BCUT2D eigenvalue weighted by molar-refractivity contribution is 0.396. The Morgan fingerprint density at radius 3 is 2.67 bits per heavy atom. The summed E-state index contributed by atoms with van der Waals surface area (Å²) in [4.78, 5) is 7.08. The Hall–Kier alpha value is -2.33. The average Bonchev–Trinajstić information content (AvgIpc) is 2.92. The van der Waals surface area contributed by atoms with E-state index in [1.165, 1.54) is 48.1 Å². The molecule has 0 bridgehead atoms. The fourth-order valence-electron chi connectivity index (χ4n) is 3.67. The predicted molar refractivity (Wildman–Crippen MR) is 99.1 cm³/mol. The zero-order chi connectivity index (χ0) is 16.7. The van der Waals surface area contributed by atoms with Gasteiger partial charge in [0, 0.05) is 24.0 Å². The molecular formula is C20H24N4. The molecule has 0 saturated carbocycles. The number of fused-ring (bicyclic) bond motifs is 2. The van der Waals surface area contributed by atoms with E-state index in [-0.39, 0.29) is 0 Å². The number of aromatic nitrogens is 2. The van der Waals surface area contributed by atoms with Crippen LogP contribution in [0.1, 0.15) is 29.7 Å². The summed E-state index contributed by atoms with van der Waals surface area (Å²) in [5.41, 5.74) is 14.2. The summed E-state index contributed by atoms with van der Waals surface area (Å²) >= 11 is 0. The summed E-state index contributed by atoms with van der Waals surface area (Å²) in [7, 11) is 4.17. The zero-order valence-corrected chi connectivity index (χ0v) is 14.4. The summed E-state index contributed by atoms with van der Waals surface area (Å²) in [6, 6.07) is 10.8. The van der Waals surface area contributed by atoms with Crippen molar-refractivity contribution in [3.63, 3.8) is 0 Å². The first-order valence-corrected chi connectivity index (χ1v) is 8.65. The monoisotopic (exact) mass is 320 g/mol. The van der Waals surface area contributed by atoms with Crippen LogP contribution in [0.5, 0.6) is 0 Å². The van der Waals surface area contributed by atoms with Crippen molar-refractivity contribution in [1.82, 2.24) is 14.3 Å². The van der Waals surface area contributed by atoms with E-state index in [9.17, 15) is 0 Å². The van der Waals surface area contributed by atoms with Crippen molar-refractivity contribution in [3.8, 4) is 11.3 Å². The SMILES string of the molecule is CN(C)Cc1c(-c2ccc3c(c2)CCCC3)nc2ccc(N)cn12. The number of hydrogen-bond acceptors (Lipinski definition) is 3. The third kappa shape index (κ3) is 2.67. The standard InChI is InChI=1S/C20H24N4/c1-23(2)13-18-20(22-19-10-9-17(21)12-24(18)19)16-8-7-14-5-3-4-6-15(14)11-16/h7-12H,3-6,13,21H2,1-2H3. The minimum absolute atomic E-state index is 0.761. The fraction of sp³-hybridized carbons (Fsp3) is 0.350. The first-order valence-electron chi connectivity index (χ1n) is 8.65. The number of nitrogen functional groups attached to an aromatic ring is 1. The minimum atomic E-state index is 0.761. The van der Waals surface area contributed by atoms with Crippen LogP contribution in [0, 0.1) is 0 Å². The molecule has 24 heavy (non-hydrogen) atoms. The molecule has 124 valence electrons. The van der Waals surface area contributed by atoms with Crippen molar-refractivity contribution in [2.24, 2.45) is 0 Å². The van der Waals surface area contributed by atoms with E-state index < -0.39 is 0 Å². The van der Waals surface area contributed by atoms with Crippen molar-refractivity contribution in [2.45, 2.75) is 32.2 Å². The number of aryl methyl sites for hydroxylation is 2. The van der Waals surface area contributed by atoms with Crippen LogP contribution >= 0.6 is 0 Å². The lowest BCUT2D eigenvalue weighted by Crippen LogP contribution is -2.13. The van der Waals surface area contributed by atoms with Crippen LogP contribution in [0.25, 0.3) is 16.9 Å². The summed E-state index contributed by atoms with van der Waals surface area (Å²) in [6.45, 7) is 0.830. The van der Waals surface area contributed by atoms with Crippen LogP contribution in [0.15, 0.2) is 36.5 Å². The highest BCUT2D eigenvalue weighted by Crippen LogP contribution is 2.30. The Bertz CT molecular complexity index is 892. The molecule has 0 fully saturated rings. The summed E-state index contributed by atoms with van der Waals surface area (Å²) in [5, 5.41) is 0. The number of imidazole rings is 1. The Balaban J connectivity index is 1.89. The molecule has 1 aliphatic carbocycles. The predicted octanol–water partition coefficient (Wildman–Crippen LogP) is 3.52. The topological polar surface area (TPSA) is 46.6 Å². The molecule has 2 aromatic heterocycles. The van der Waals surface area contributed by atoms with Crippen LogP contribution < -0.4 is 5.73 Å². The molecule has 1 aliphatic rings. The summed E-state index contributed by atoms with van der Waals surface area (Å²) in [6.07, 6.45) is 6.98. The van der Waals surface area contributed by atoms with Gasteiger partial charge in [0.1, 0.15) is 5.65 Å². The second-order valence-electron chi connectivity index (χ2n) is 7.03. The normalized spacial score (nSPS) is 14.3. The van der Waals surface area contributed by atoms with Crippen LogP contribution in [0.4, 0.5) is 5.69 Å². The van der Waals surface area contributed by atoms with Crippen molar-refractivity contribution < 1.29 is 0 Å². The Morgan fingerprint density at radius 2 is 1.88 bits per heavy atom. The van der Waals surface area contributed by atoms with Gasteiger partial charge in [0.15, 0.2) is 0 Å². The largest absolute Gasteiger partial charge is 0.398 e. The molecule has 0 radical (unpaired) electrons. The zero-order valence-electron chi connectivity index (χ0n) is 14.4. The molecule has 4 rings (SSSR count). The average molecular weight is 320 g/mol. The molecule has 0 amide bonds. The van der Waals surface area contributed by atoms with Gasteiger partial charge in [0.25, 0.3) is 0 Å². The Labute approximate surface area is 142 Å². The van der Waals surface area contributed by atoms with Crippen molar-refractivity contribution in [2.75, 3.05) is 19.8 Å². The summed E-state index contributed by atoms with van der Waals surface area (Å²) < 4.78 is 2.13. The molecule has 0 saturated heterocycles. The third-order valence-electron chi connectivity index (χ3n) is 4.83. The number of benzene rings is 1. The van der Waals surface area contributed by atoms with Crippen LogP contribution in [0.3, 0.4) is 0 Å². The second kappa shape index (κ2) is 5.95. The molecular weight excluding hydrogens is 296 g/mol. The highest BCUT2D eigenvalue weighted by Gasteiger charge is 2.17. The second-order valence-corrected chi connectivity index (χ2v) is 7.03. The number of anilines is 1. The van der Waals surface area contributed by atoms with Crippen molar-refractivity contribution in [3.05, 3.63) is 53.3 Å². The summed E-state index contributed by atoms with van der Waals surface area (Å²) in [5.74, 6) is 0. The molecule has 4 nitrogen and oxygen atoms in total. The Morgan fingerprint density at radius 1 is 1.08 bits per heavy atom. The highest BCUT2D eigenvalue weighted by molar-refractivity contribution is 5.68. The highest BCUT2D eigenvalue weighted by atomic mass is 15.1. The van der Waals surface area contributed by atoms with Gasteiger partial charge in [-0.3, -0.25) is 0 Å². The lowest BCUT2D eigenvalue weighted by Gasteiger charge is -2.17. The van der Waals surface area contributed by atoms with Gasteiger partial charge in [-0.1, -0.05) is 12.1 Å². The number of nitrogens with zero attached hydrogens (tertiary/aromatic N) is 3. The third-order valence-corrected chi connectivity index (χ3v) is 4.83. The van der Waals surface area contributed by atoms with Crippen LogP contribution in [-0.2, 0) is 19.4 Å². The number of nitrogens with two attached hydrogens (primary N) is 1. The first-order chi connectivity index (χ1) is 11.6. The van der Waals surface area contributed by atoms with Gasteiger partial charge in [-0.15, -0.1) is 0 Å². The number of pyridine rings is 1. The van der Waals surface area contributed by atoms with Gasteiger partial charge in [-0.25, -0.2) is 4.98 Å². The van der Waals surface area contributed by atoms with E-state index in [1.54, 1.807) is 0 Å². The quantitative estimate of drug-likeness (QED) is 0.803. The van der Waals surface area contributed by atoms with E-state index >= 15 is 0 Å². The molecule has 0 atom stereocenters. The van der Waals surface area contributed by atoms with Gasteiger partial charge >= 0.3 is 0 Å². The van der Waals surface area contributed by atoms with Crippen molar-refractivity contribution >= 4 is 11.3 Å². The maximum atomic E-state index is 6.00. The van der Waals surface area contributed by atoms with Crippen molar-refractivity contribution in [1.29, 1.82) is 0 Å². The lowest BCUT2D eigenvalue weighted by atomic mass is 9.90. The van der Waals surface area contributed by atoms with Gasteiger partial charge in [-0.2, -0.15) is 0 Å². The smallest absolute Gasteiger partial charge is 0.137 e. The van der Waals surface area contributed by atoms with E-state index in [4.69, 9.17) is 10.7 Å². The van der Waals surface area contributed by atoms with Gasteiger partial charge in [-0.05, 0) is 69.1 Å². The maximum Gasteiger partial charge on any atom is 0.137 e. The van der Waals surface area contributed by atoms with E-state index in [0.29, 0.717) is 0 Å². The molecule has 0 unspecified atom stereocenters. The molecule has 1 aromatic carbocycles. The van der Waals surface area contributed by atoms with Crippen LogP contribution in [-0.4, -0.2) is 28.4 Å². The van der Waals surface area contributed by atoms with Gasteiger partial charge in [0.2, 0.25) is 0 Å². The van der Waals surface area contributed by atoms with E-state index in [1.807, 2.05) is 18.3 Å². The van der Waals surface area contributed by atoms with E-state index in [0.717, 1.165) is 23.6 Å². The molecule has 3 aromatic rings. The number of hydrogen-bond donors (Lipinski definition) is 1. The van der Waals surface area contributed by atoms with E-state index in [2.05, 4.69) is 41.6 Å². The number of rotatable bonds is 3. The molecule has 2 N–H and O–H groups in total. The van der Waals surface area contributed by atoms with Gasteiger partial charge in [0.05, 0.1) is 11.4 Å². The minimum Gasteiger partial charge on any atom is -0.398 e. The fourth-order valence-corrected chi connectivity index (χ4v) is 3.67. The molecule has 0 aliphatic heterocycles. The van der Waals surface area contributed by atoms with Crippen LogP contribution in [0.2, 0.25) is 0 Å².